The number of hydrogen-bond donors (Lipinski definition) is 1. The molecule has 28 heavy (non-hydrogen) atoms. The van der Waals surface area contributed by atoms with Crippen LogP contribution in [-0.2, 0) is 0 Å². The number of nitrogens with one attached hydrogen (secondary N) is 1. The van der Waals surface area contributed by atoms with Crippen LogP contribution in [0.15, 0.2) is 47.5 Å². The second-order valence-electron chi connectivity index (χ2n) is 6.31. The Labute approximate surface area is 166 Å². The van der Waals surface area contributed by atoms with E-state index in [0.717, 1.165) is 21.6 Å². The summed E-state index contributed by atoms with van der Waals surface area (Å²) in [4.78, 5) is 21.1. The molecule has 1 unspecified atom stereocenters. The fourth-order valence-electron chi connectivity index (χ4n) is 3.26. The first-order valence-electron chi connectivity index (χ1n) is 8.77. The number of hydrogen-bond acceptors (Lipinski definition) is 6. The molecule has 1 aliphatic rings. The van der Waals surface area contributed by atoms with Crippen LogP contribution >= 0.6 is 11.8 Å². The van der Waals surface area contributed by atoms with Crippen LogP contribution in [0.4, 0.5) is 0 Å². The van der Waals surface area contributed by atoms with E-state index in [1.165, 1.54) is 21.3 Å². The summed E-state index contributed by atoms with van der Waals surface area (Å²) in [5, 5.41) is 1.97. The average molecular weight is 396 g/mol. The highest BCUT2D eigenvalue weighted by Crippen LogP contribution is 2.39. The van der Waals surface area contributed by atoms with Crippen molar-refractivity contribution >= 4 is 33.5 Å². The molecular weight excluding hydrogens is 376 g/mol. The molecule has 1 N–H and O–H groups in total. The molecule has 144 valence electrons. The average Bonchev–Trinajstić information content (AvgIpc) is 3.38. The molecule has 7 heteroatoms. The third kappa shape index (κ3) is 3.22. The number of carbonyl (C=O) groups is 1. The molecule has 1 aromatic heterocycles. The lowest BCUT2D eigenvalue weighted by atomic mass is 10.0. The number of aromatic nitrogens is 1. The number of aliphatic imine (C=N–C) groups is 1. The minimum atomic E-state index is -0.450. The monoisotopic (exact) mass is 396 g/mol. The van der Waals surface area contributed by atoms with E-state index in [2.05, 4.69) is 16.0 Å². The number of ketones is 1. The van der Waals surface area contributed by atoms with Crippen molar-refractivity contribution in [1.82, 2.24) is 4.98 Å². The normalized spacial score (nSPS) is 16.1. The number of Topliss-reactive ketones (excluding diaryl/α,β-unsaturated/α-hetero) is 1. The number of carbonyl (C=O) groups excluding carboxylic acids is 1. The first kappa shape index (κ1) is 18.4. The maximum atomic E-state index is 13.0. The Morgan fingerprint density at radius 1 is 1.07 bits per heavy atom. The number of aromatic amines is 1. The lowest BCUT2D eigenvalue weighted by Crippen LogP contribution is -2.19. The van der Waals surface area contributed by atoms with Crippen LogP contribution in [-0.4, -0.2) is 48.9 Å². The number of methoxy groups -OCH3 is 3. The van der Waals surface area contributed by atoms with Crippen molar-refractivity contribution in [2.75, 3.05) is 27.1 Å². The minimum Gasteiger partial charge on any atom is -0.493 e. The van der Waals surface area contributed by atoms with Gasteiger partial charge in [-0.3, -0.25) is 9.79 Å². The molecule has 6 nitrogen and oxygen atoms in total. The highest BCUT2D eigenvalue weighted by molar-refractivity contribution is 8.14. The Kier molecular flexibility index (Phi) is 5.00. The van der Waals surface area contributed by atoms with Gasteiger partial charge in [0.1, 0.15) is 11.1 Å². The Bertz CT molecular complexity index is 1020. The van der Waals surface area contributed by atoms with Crippen LogP contribution < -0.4 is 14.2 Å². The molecule has 0 saturated heterocycles. The molecule has 0 amide bonds. The van der Waals surface area contributed by atoms with Crippen molar-refractivity contribution < 1.29 is 19.0 Å². The zero-order valence-electron chi connectivity index (χ0n) is 15.8. The van der Waals surface area contributed by atoms with Crippen molar-refractivity contribution in [2.45, 2.75) is 6.04 Å². The summed E-state index contributed by atoms with van der Waals surface area (Å²) in [7, 11) is 4.60. The number of ether oxygens (including phenoxy) is 3. The number of thioether (sulfide) groups is 1. The molecule has 2 heterocycles. The van der Waals surface area contributed by atoms with Gasteiger partial charge in [0.25, 0.3) is 0 Å². The third-order valence-corrected chi connectivity index (χ3v) is 5.74. The van der Waals surface area contributed by atoms with Gasteiger partial charge in [-0.2, -0.15) is 0 Å². The van der Waals surface area contributed by atoms with Gasteiger partial charge in [-0.15, -0.1) is 11.8 Å². The van der Waals surface area contributed by atoms with Gasteiger partial charge in [-0.1, -0.05) is 18.2 Å². The number of para-hydroxylation sites is 1. The predicted molar refractivity (Wildman–Crippen MR) is 112 cm³/mol. The molecule has 1 aliphatic heterocycles. The van der Waals surface area contributed by atoms with E-state index >= 15 is 0 Å². The van der Waals surface area contributed by atoms with E-state index in [4.69, 9.17) is 14.2 Å². The van der Waals surface area contributed by atoms with Gasteiger partial charge in [0.15, 0.2) is 17.3 Å². The molecule has 3 aromatic rings. The summed E-state index contributed by atoms with van der Waals surface area (Å²) < 4.78 is 16.0. The van der Waals surface area contributed by atoms with Crippen molar-refractivity contribution in [1.29, 1.82) is 0 Å². The Morgan fingerprint density at radius 2 is 1.79 bits per heavy atom. The zero-order chi connectivity index (χ0) is 19.7. The fourth-order valence-corrected chi connectivity index (χ4v) is 4.27. The summed E-state index contributed by atoms with van der Waals surface area (Å²) >= 11 is 1.58. The molecule has 0 aliphatic carbocycles. The van der Waals surface area contributed by atoms with Crippen LogP contribution in [0.5, 0.6) is 17.2 Å². The number of benzene rings is 2. The second-order valence-corrected chi connectivity index (χ2v) is 7.32. The van der Waals surface area contributed by atoms with Gasteiger partial charge >= 0.3 is 0 Å². The summed E-state index contributed by atoms with van der Waals surface area (Å²) in [6.07, 6.45) is 0. The minimum absolute atomic E-state index is 0.0714. The predicted octanol–water partition coefficient (Wildman–Crippen LogP) is 3.94. The standard InChI is InChI=1S/C21H20N2O4S/c1-25-17-9-13(10-18(26-2)20(17)27-3)19(24)16-11-28-21(23-16)15-8-12-6-4-5-7-14(12)22-15/h4-10,16,22H,11H2,1-3H3. The molecule has 0 saturated carbocycles. The van der Waals surface area contributed by atoms with Crippen molar-refractivity contribution in [3.05, 3.63) is 53.7 Å². The van der Waals surface area contributed by atoms with Crippen LogP contribution in [0.3, 0.4) is 0 Å². The lowest BCUT2D eigenvalue weighted by Gasteiger charge is -2.14. The zero-order valence-corrected chi connectivity index (χ0v) is 16.6. The molecule has 0 radical (unpaired) electrons. The Hall–Kier alpha value is -2.93. The van der Waals surface area contributed by atoms with Gasteiger partial charge in [-0.25, -0.2) is 0 Å². The van der Waals surface area contributed by atoms with E-state index in [9.17, 15) is 4.79 Å². The number of H-pyrrole nitrogens is 1. The maximum Gasteiger partial charge on any atom is 0.203 e. The highest BCUT2D eigenvalue weighted by atomic mass is 32.2. The molecule has 1 atom stereocenters. The van der Waals surface area contributed by atoms with E-state index in [1.807, 2.05) is 24.3 Å². The summed E-state index contributed by atoms with van der Waals surface area (Å²) in [5.74, 6) is 1.90. The van der Waals surface area contributed by atoms with Gasteiger partial charge in [0, 0.05) is 22.2 Å². The summed E-state index contributed by atoms with van der Waals surface area (Å²) in [6, 6.07) is 13.0. The Balaban J connectivity index is 1.64. The molecule has 0 fully saturated rings. The van der Waals surface area contributed by atoms with Crippen LogP contribution in [0, 0.1) is 0 Å². The number of nitrogens with zero attached hydrogens (tertiary/aromatic N) is 1. The molecular formula is C21H20N2O4S. The number of rotatable bonds is 6. The van der Waals surface area contributed by atoms with Gasteiger partial charge in [0.2, 0.25) is 5.75 Å². The lowest BCUT2D eigenvalue weighted by molar-refractivity contribution is 0.0971. The van der Waals surface area contributed by atoms with Crippen LogP contribution in [0.2, 0.25) is 0 Å². The van der Waals surface area contributed by atoms with E-state index in [-0.39, 0.29) is 5.78 Å². The van der Waals surface area contributed by atoms with Crippen LogP contribution in [0.25, 0.3) is 10.9 Å². The van der Waals surface area contributed by atoms with Crippen molar-refractivity contribution in [3.8, 4) is 17.2 Å². The molecule has 2 aromatic carbocycles. The molecule has 0 spiro atoms. The smallest absolute Gasteiger partial charge is 0.203 e. The van der Waals surface area contributed by atoms with Crippen LogP contribution in [0.1, 0.15) is 16.1 Å². The first-order valence-corrected chi connectivity index (χ1v) is 9.76. The molecule has 0 bridgehead atoms. The van der Waals surface area contributed by atoms with Gasteiger partial charge in [-0.05, 0) is 24.3 Å². The van der Waals surface area contributed by atoms with Crippen molar-refractivity contribution in [2.24, 2.45) is 4.99 Å². The van der Waals surface area contributed by atoms with Crippen molar-refractivity contribution in [3.63, 3.8) is 0 Å². The van der Waals surface area contributed by atoms with E-state index < -0.39 is 6.04 Å². The fraction of sp³-hybridized carbons (Fsp3) is 0.238. The second kappa shape index (κ2) is 7.59. The topological polar surface area (TPSA) is 72.9 Å². The summed E-state index contributed by atoms with van der Waals surface area (Å²) in [6.45, 7) is 0. The van der Waals surface area contributed by atoms with E-state index in [1.54, 1.807) is 23.9 Å². The van der Waals surface area contributed by atoms with Gasteiger partial charge < -0.3 is 19.2 Å². The quantitative estimate of drug-likeness (QED) is 0.639. The summed E-state index contributed by atoms with van der Waals surface area (Å²) in [5.41, 5.74) is 2.48. The molecule has 4 rings (SSSR count). The number of fused-ring (bicyclic) bond motifs is 1. The van der Waals surface area contributed by atoms with Gasteiger partial charge in [0.05, 0.1) is 27.0 Å². The Morgan fingerprint density at radius 3 is 2.43 bits per heavy atom. The highest BCUT2D eigenvalue weighted by Gasteiger charge is 2.29. The largest absolute Gasteiger partial charge is 0.493 e. The SMILES string of the molecule is COc1cc(C(=O)C2CSC(c3cc4ccccc4[nH]3)=N2)cc(OC)c1OC. The van der Waals surface area contributed by atoms with E-state index in [0.29, 0.717) is 28.6 Å². The first-order chi connectivity index (χ1) is 13.6. The maximum absolute atomic E-state index is 13.0. The third-order valence-electron chi connectivity index (χ3n) is 4.66.